The summed E-state index contributed by atoms with van der Waals surface area (Å²) in [5.74, 6) is -0.109. The number of rotatable bonds is 9. The summed E-state index contributed by atoms with van der Waals surface area (Å²) in [5.41, 5.74) is 3.54. The van der Waals surface area contributed by atoms with Gasteiger partial charge in [0.1, 0.15) is 11.3 Å². The van der Waals surface area contributed by atoms with Gasteiger partial charge in [0.2, 0.25) is 5.91 Å². The van der Waals surface area contributed by atoms with Crippen LogP contribution in [0.3, 0.4) is 0 Å². The Labute approximate surface area is 190 Å². The lowest BCUT2D eigenvalue weighted by molar-refractivity contribution is -0.121. The Balaban J connectivity index is 1.76. The van der Waals surface area contributed by atoms with Crippen LogP contribution in [0, 0.1) is 0 Å². The van der Waals surface area contributed by atoms with Gasteiger partial charge in [0.15, 0.2) is 0 Å². The zero-order valence-electron chi connectivity index (χ0n) is 19.4. The molecule has 0 bridgehead atoms. The third kappa shape index (κ3) is 5.81. The highest BCUT2D eigenvalue weighted by molar-refractivity contribution is 5.92. The minimum absolute atomic E-state index is 0.0399. The van der Waals surface area contributed by atoms with E-state index in [1.807, 2.05) is 6.07 Å². The second-order valence-electron chi connectivity index (χ2n) is 8.22. The van der Waals surface area contributed by atoms with Crippen molar-refractivity contribution in [1.29, 1.82) is 0 Å². The van der Waals surface area contributed by atoms with Gasteiger partial charge in [0.25, 0.3) is 0 Å². The summed E-state index contributed by atoms with van der Waals surface area (Å²) >= 11 is 0. The summed E-state index contributed by atoms with van der Waals surface area (Å²) in [5, 5.41) is 3.25. The zero-order chi connectivity index (χ0) is 22.9. The molecule has 32 heavy (non-hydrogen) atoms. The number of carbonyl (C=O) groups excluding carboxylic acids is 2. The first-order valence-electron chi connectivity index (χ1n) is 11.5. The van der Waals surface area contributed by atoms with Crippen molar-refractivity contribution in [2.24, 2.45) is 0 Å². The fraction of sp³-hybridized carbons (Fsp3) is 0.462. The van der Waals surface area contributed by atoms with Gasteiger partial charge in [0, 0.05) is 18.8 Å². The summed E-state index contributed by atoms with van der Waals surface area (Å²) in [6, 6.07) is 13.5. The first-order valence-corrected chi connectivity index (χ1v) is 11.5. The molecule has 1 fully saturated rings. The smallest absolute Gasteiger partial charge is 0.341 e. The van der Waals surface area contributed by atoms with Gasteiger partial charge in [-0.3, -0.25) is 4.79 Å². The third-order valence-corrected chi connectivity index (χ3v) is 5.96. The molecule has 172 valence electrons. The Kier molecular flexibility index (Phi) is 8.54. The quantitative estimate of drug-likeness (QED) is 0.576. The number of para-hydroxylation sites is 1. The molecule has 2 aromatic carbocycles. The predicted molar refractivity (Wildman–Crippen MR) is 126 cm³/mol. The van der Waals surface area contributed by atoms with E-state index < -0.39 is 5.97 Å². The SMILES string of the molecule is CCCC(NC(=O)Cc1ccc(C(=O)OC)c(OC)c1)c1ccccc1N1CCCCC1. The van der Waals surface area contributed by atoms with Crippen molar-refractivity contribution < 1.29 is 19.1 Å². The lowest BCUT2D eigenvalue weighted by Gasteiger charge is -2.32. The van der Waals surface area contributed by atoms with Crippen LogP contribution in [0.4, 0.5) is 5.69 Å². The highest BCUT2D eigenvalue weighted by Gasteiger charge is 2.22. The second kappa shape index (κ2) is 11.6. The Bertz CT molecular complexity index is 922. The number of piperidine rings is 1. The molecule has 6 nitrogen and oxygen atoms in total. The molecule has 2 aromatic rings. The summed E-state index contributed by atoms with van der Waals surface area (Å²) in [6.07, 6.45) is 5.77. The molecule has 1 aliphatic rings. The van der Waals surface area contributed by atoms with Gasteiger partial charge in [-0.05, 0) is 55.0 Å². The van der Waals surface area contributed by atoms with Gasteiger partial charge in [-0.15, -0.1) is 0 Å². The van der Waals surface area contributed by atoms with Crippen molar-refractivity contribution in [1.82, 2.24) is 5.32 Å². The fourth-order valence-corrected chi connectivity index (χ4v) is 4.35. The molecule has 0 aliphatic carbocycles. The van der Waals surface area contributed by atoms with E-state index in [1.165, 1.54) is 44.7 Å². The number of hydrogen-bond donors (Lipinski definition) is 1. The number of ether oxygens (including phenoxy) is 2. The van der Waals surface area contributed by atoms with E-state index in [0.29, 0.717) is 11.3 Å². The minimum Gasteiger partial charge on any atom is -0.496 e. The predicted octanol–water partition coefficient (Wildman–Crippen LogP) is 4.67. The Hall–Kier alpha value is -3.02. The number of nitrogens with zero attached hydrogens (tertiary/aromatic N) is 1. The molecule has 3 rings (SSSR count). The highest BCUT2D eigenvalue weighted by atomic mass is 16.5. The van der Waals surface area contributed by atoms with E-state index >= 15 is 0 Å². The molecule has 1 atom stereocenters. The van der Waals surface area contributed by atoms with Crippen molar-refractivity contribution in [2.45, 2.75) is 51.5 Å². The van der Waals surface area contributed by atoms with Gasteiger partial charge >= 0.3 is 5.97 Å². The van der Waals surface area contributed by atoms with Gasteiger partial charge in [0.05, 0.1) is 26.7 Å². The van der Waals surface area contributed by atoms with Crippen molar-refractivity contribution in [3.8, 4) is 5.75 Å². The van der Waals surface area contributed by atoms with Gasteiger partial charge in [-0.1, -0.05) is 37.6 Å². The van der Waals surface area contributed by atoms with Crippen molar-refractivity contribution in [3.63, 3.8) is 0 Å². The molecular formula is C26H34N2O4. The molecule has 0 spiro atoms. The van der Waals surface area contributed by atoms with Crippen LogP contribution in [0.2, 0.25) is 0 Å². The molecule has 1 amide bonds. The average molecular weight is 439 g/mol. The van der Waals surface area contributed by atoms with E-state index in [-0.39, 0.29) is 18.4 Å². The average Bonchev–Trinajstić information content (AvgIpc) is 2.83. The standard InChI is InChI=1S/C26H34N2O4/c1-4-10-22(20-11-6-7-12-23(20)28-15-8-5-9-16-28)27-25(29)18-19-13-14-21(26(30)32-3)24(17-19)31-2/h6-7,11-14,17,22H,4-5,8-10,15-16,18H2,1-3H3,(H,27,29). The normalized spacial score (nSPS) is 14.5. The van der Waals surface area contributed by atoms with Crippen LogP contribution in [-0.4, -0.2) is 39.2 Å². The fourth-order valence-electron chi connectivity index (χ4n) is 4.35. The lowest BCUT2D eigenvalue weighted by atomic mass is 9.98. The number of esters is 1. The van der Waals surface area contributed by atoms with Crippen molar-refractivity contribution in [3.05, 3.63) is 59.2 Å². The van der Waals surface area contributed by atoms with Crippen LogP contribution in [0.1, 0.15) is 66.6 Å². The number of benzene rings is 2. The molecular weight excluding hydrogens is 404 g/mol. The topological polar surface area (TPSA) is 67.9 Å². The Morgan fingerprint density at radius 1 is 1.06 bits per heavy atom. The van der Waals surface area contributed by atoms with E-state index in [4.69, 9.17) is 9.47 Å². The van der Waals surface area contributed by atoms with Crippen LogP contribution in [0.15, 0.2) is 42.5 Å². The van der Waals surface area contributed by atoms with Crippen LogP contribution in [-0.2, 0) is 16.0 Å². The van der Waals surface area contributed by atoms with Gasteiger partial charge in [-0.2, -0.15) is 0 Å². The monoisotopic (exact) mass is 438 g/mol. The number of methoxy groups -OCH3 is 2. The summed E-state index contributed by atoms with van der Waals surface area (Å²) in [7, 11) is 2.83. The zero-order valence-corrected chi connectivity index (χ0v) is 19.4. The first-order chi connectivity index (χ1) is 15.6. The minimum atomic E-state index is -0.463. The number of carbonyl (C=O) groups is 2. The number of nitrogens with one attached hydrogen (secondary N) is 1. The van der Waals surface area contributed by atoms with E-state index in [2.05, 4.69) is 35.3 Å². The van der Waals surface area contributed by atoms with Gasteiger partial charge in [-0.25, -0.2) is 4.79 Å². The third-order valence-electron chi connectivity index (χ3n) is 5.96. The van der Waals surface area contributed by atoms with Crippen LogP contribution < -0.4 is 15.0 Å². The molecule has 6 heteroatoms. The molecule has 0 radical (unpaired) electrons. The number of hydrogen-bond acceptors (Lipinski definition) is 5. The molecule has 1 N–H and O–H groups in total. The van der Waals surface area contributed by atoms with Crippen LogP contribution >= 0.6 is 0 Å². The van der Waals surface area contributed by atoms with Crippen molar-refractivity contribution in [2.75, 3.05) is 32.2 Å². The summed E-state index contributed by atoms with van der Waals surface area (Å²) in [6.45, 7) is 4.27. The Morgan fingerprint density at radius 3 is 2.50 bits per heavy atom. The maximum absolute atomic E-state index is 13.0. The second-order valence-corrected chi connectivity index (χ2v) is 8.22. The summed E-state index contributed by atoms with van der Waals surface area (Å²) < 4.78 is 10.1. The maximum atomic E-state index is 13.0. The molecule has 1 heterocycles. The summed E-state index contributed by atoms with van der Waals surface area (Å²) in [4.78, 5) is 27.3. The van der Waals surface area contributed by atoms with Crippen molar-refractivity contribution >= 4 is 17.6 Å². The van der Waals surface area contributed by atoms with E-state index in [0.717, 1.165) is 31.5 Å². The first kappa shape index (κ1) is 23.6. The number of amides is 1. The maximum Gasteiger partial charge on any atom is 0.341 e. The molecule has 1 unspecified atom stereocenters. The van der Waals surface area contributed by atoms with Crippen LogP contribution in [0.25, 0.3) is 0 Å². The van der Waals surface area contributed by atoms with E-state index in [1.54, 1.807) is 18.2 Å². The van der Waals surface area contributed by atoms with Gasteiger partial charge < -0.3 is 19.7 Å². The Morgan fingerprint density at radius 2 is 1.81 bits per heavy atom. The lowest BCUT2D eigenvalue weighted by Crippen LogP contribution is -2.34. The highest BCUT2D eigenvalue weighted by Crippen LogP contribution is 2.31. The molecule has 0 aromatic heterocycles. The largest absolute Gasteiger partial charge is 0.496 e. The van der Waals surface area contributed by atoms with E-state index in [9.17, 15) is 9.59 Å². The molecule has 1 saturated heterocycles. The number of anilines is 1. The van der Waals surface area contributed by atoms with Crippen LogP contribution in [0.5, 0.6) is 5.75 Å². The molecule has 1 aliphatic heterocycles. The molecule has 0 saturated carbocycles.